The predicted octanol–water partition coefficient (Wildman–Crippen LogP) is 3.01. The summed E-state index contributed by atoms with van der Waals surface area (Å²) in [7, 11) is 0. The summed E-state index contributed by atoms with van der Waals surface area (Å²) in [4.78, 5) is 7.01. The van der Waals surface area contributed by atoms with Crippen LogP contribution < -0.4 is 5.73 Å². The molecule has 3 N–H and O–H groups in total. The molecular weight excluding hydrogens is 218 g/mol. The van der Waals surface area contributed by atoms with E-state index in [1.807, 2.05) is 0 Å². The topological polar surface area (TPSA) is 54.7 Å². The van der Waals surface area contributed by atoms with Crippen molar-refractivity contribution in [2.75, 3.05) is 5.73 Å². The molecule has 0 aliphatic carbocycles. The molecule has 2 rings (SSSR count). The van der Waals surface area contributed by atoms with Crippen LogP contribution >= 0.6 is 12.2 Å². The van der Waals surface area contributed by atoms with Crippen LogP contribution in [-0.4, -0.2) is 9.97 Å². The summed E-state index contributed by atoms with van der Waals surface area (Å²) in [5.41, 5.74) is 10.1. The lowest BCUT2D eigenvalue weighted by Gasteiger charge is -2.07. The Labute approximate surface area is 99.4 Å². The molecule has 16 heavy (non-hydrogen) atoms. The van der Waals surface area contributed by atoms with E-state index in [0.717, 1.165) is 11.3 Å². The van der Waals surface area contributed by atoms with E-state index >= 15 is 0 Å². The van der Waals surface area contributed by atoms with Gasteiger partial charge >= 0.3 is 0 Å². The zero-order valence-corrected chi connectivity index (χ0v) is 10.1. The number of aromatic amines is 1. The molecule has 2 aromatic rings. The van der Waals surface area contributed by atoms with Crippen LogP contribution in [0.5, 0.6) is 0 Å². The third-order valence-corrected chi connectivity index (χ3v) is 2.64. The largest absolute Gasteiger partial charge is 0.384 e. The van der Waals surface area contributed by atoms with Crippen molar-refractivity contribution in [1.82, 2.24) is 9.97 Å². The molecule has 0 unspecified atom stereocenters. The molecular formula is C12H13N3S. The Balaban J connectivity index is 2.66. The molecule has 0 saturated heterocycles. The summed E-state index contributed by atoms with van der Waals surface area (Å²) in [6.07, 6.45) is 0. The second-order valence-corrected chi connectivity index (χ2v) is 4.23. The molecule has 0 bridgehead atoms. The molecule has 0 amide bonds. The molecule has 0 atom stereocenters. The number of aryl methyl sites for hydroxylation is 2. The fourth-order valence-corrected chi connectivity index (χ4v) is 1.86. The van der Waals surface area contributed by atoms with Crippen molar-refractivity contribution in [2.24, 2.45) is 0 Å². The monoisotopic (exact) mass is 231 g/mol. The van der Waals surface area contributed by atoms with Crippen LogP contribution in [0.1, 0.15) is 11.1 Å². The van der Waals surface area contributed by atoms with E-state index in [4.69, 9.17) is 18.0 Å². The average Bonchev–Trinajstić information content (AvgIpc) is 2.20. The second kappa shape index (κ2) is 4.06. The highest BCUT2D eigenvalue weighted by Crippen LogP contribution is 2.23. The van der Waals surface area contributed by atoms with Crippen molar-refractivity contribution in [3.05, 3.63) is 40.2 Å². The van der Waals surface area contributed by atoms with Gasteiger partial charge in [0.2, 0.25) is 0 Å². The van der Waals surface area contributed by atoms with Crippen molar-refractivity contribution >= 4 is 18.0 Å². The van der Waals surface area contributed by atoms with Gasteiger partial charge in [-0.05, 0) is 37.7 Å². The molecule has 0 spiro atoms. The van der Waals surface area contributed by atoms with Crippen LogP contribution in [0.2, 0.25) is 0 Å². The third-order valence-electron chi connectivity index (χ3n) is 2.45. The fourth-order valence-electron chi connectivity index (χ4n) is 1.65. The quantitative estimate of drug-likeness (QED) is 0.742. The van der Waals surface area contributed by atoms with Gasteiger partial charge in [-0.2, -0.15) is 0 Å². The molecule has 0 aliphatic rings. The molecule has 1 aromatic carbocycles. The van der Waals surface area contributed by atoms with Gasteiger partial charge < -0.3 is 10.7 Å². The van der Waals surface area contributed by atoms with Gasteiger partial charge in [0, 0.05) is 11.6 Å². The van der Waals surface area contributed by atoms with Crippen LogP contribution in [0.4, 0.5) is 5.82 Å². The smallest absolute Gasteiger partial charge is 0.199 e. The number of nitrogens with zero attached hydrogens (tertiary/aromatic N) is 1. The van der Waals surface area contributed by atoms with Gasteiger partial charge in [0.15, 0.2) is 4.77 Å². The number of H-pyrrole nitrogens is 1. The highest BCUT2D eigenvalue weighted by molar-refractivity contribution is 7.71. The van der Waals surface area contributed by atoms with E-state index in [2.05, 4.69) is 42.0 Å². The minimum atomic E-state index is 0.413. The lowest BCUT2D eigenvalue weighted by atomic mass is 10.0. The molecule has 0 radical (unpaired) electrons. The van der Waals surface area contributed by atoms with E-state index in [1.54, 1.807) is 6.07 Å². The maximum atomic E-state index is 5.69. The summed E-state index contributed by atoms with van der Waals surface area (Å²) in [6, 6.07) is 8.07. The van der Waals surface area contributed by atoms with Crippen LogP contribution in [0, 0.1) is 18.6 Å². The minimum Gasteiger partial charge on any atom is -0.384 e. The Morgan fingerprint density at radius 3 is 2.69 bits per heavy atom. The predicted molar refractivity (Wildman–Crippen MR) is 68.7 cm³/mol. The number of anilines is 1. The Morgan fingerprint density at radius 1 is 1.25 bits per heavy atom. The summed E-state index contributed by atoms with van der Waals surface area (Å²) in [5, 5.41) is 0. The Kier molecular flexibility index (Phi) is 2.75. The van der Waals surface area contributed by atoms with Gasteiger partial charge in [-0.3, -0.25) is 0 Å². The normalized spacial score (nSPS) is 10.4. The highest BCUT2D eigenvalue weighted by Gasteiger charge is 2.04. The Morgan fingerprint density at radius 2 is 2.00 bits per heavy atom. The molecule has 82 valence electrons. The average molecular weight is 231 g/mol. The Bertz CT molecular complexity index is 587. The summed E-state index contributed by atoms with van der Waals surface area (Å²) < 4.78 is 0.413. The van der Waals surface area contributed by atoms with E-state index in [9.17, 15) is 0 Å². The number of nitrogens with two attached hydrogens (primary N) is 1. The lowest BCUT2D eigenvalue weighted by Crippen LogP contribution is -1.96. The molecule has 0 fully saturated rings. The maximum absolute atomic E-state index is 5.69. The van der Waals surface area contributed by atoms with Crippen LogP contribution in [0.15, 0.2) is 24.3 Å². The first-order valence-electron chi connectivity index (χ1n) is 5.01. The van der Waals surface area contributed by atoms with Crippen molar-refractivity contribution in [3.8, 4) is 11.3 Å². The van der Waals surface area contributed by atoms with E-state index in [0.29, 0.717) is 10.6 Å². The number of nitrogens with one attached hydrogen (secondary N) is 1. The summed E-state index contributed by atoms with van der Waals surface area (Å²) >= 11 is 5.02. The van der Waals surface area contributed by atoms with Gasteiger partial charge in [0.25, 0.3) is 0 Å². The van der Waals surface area contributed by atoms with Crippen molar-refractivity contribution in [1.29, 1.82) is 0 Å². The molecule has 1 aromatic heterocycles. The highest BCUT2D eigenvalue weighted by atomic mass is 32.1. The number of rotatable bonds is 1. The first-order valence-corrected chi connectivity index (χ1v) is 5.41. The first-order chi connectivity index (χ1) is 7.56. The van der Waals surface area contributed by atoms with Crippen molar-refractivity contribution < 1.29 is 0 Å². The van der Waals surface area contributed by atoms with Gasteiger partial charge in [-0.25, -0.2) is 4.98 Å². The van der Waals surface area contributed by atoms with E-state index < -0.39 is 0 Å². The van der Waals surface area contributed by atoms with Gasteiger partial charge in [0.1, 0.15) is 5.82 Å². The van der Waals surface area contributed by atoms with Crippen molar-refractivity contribution in [2.45, 2.75) is 13.8 Å². The fraction of sp³-hybridized carbons (Fsp3) is 0.167. The van der Waals surface area contributed by atoms with E-state index in [1.165, 1.54) is 11.1 Å². The second-order valence-electron chi connectivity index (χ2n) is 3.84. The number of hydrogen-bond acceptors (Lipinski definition) is 3. The van der Waals surface area contributed by atoms with E-state index in [-0.39, 0.29) is 0 Å². The van der Waals surface area contributed by atoms with Crippen LogP contribution in [0.3, 0.4) is 0 Å². The SMILES string of the molecule is Cc1ccc(C)c(-c2cc(N)nc(=S)[nH]2)c1. The molecule has 4 heteroatoms. The Hall–Kier alpha value is -1.68. The third kappa shape index (κ3) is 2.12. The maximum Gasteiger partial charge on any atom is 0.199 e. The van der Waals surface area contributed by atoms with Crippen molar-refractivity contribution in [3.63, 3.8) is 0 Å². The van der Waals surface area contributed by atoms with Gasteiger partial charge in [-0.1, -0.05) is 17.7 Å². The molecule has 1 heterocycles. The number of aromatic nitrogens is 2. The number of nitrogen functional groups attached to an aromatic ring is 1. The zero-order chi connectivity index (χ0) is 11.7. The summed E-state index contributed by atoms with van der Waals surface area (Å²) in [5.74, 6) is 0.444. The standard InChI is InChI=1S/C12H13N3S/c1-7-3-4-8(2)9(5-7)10-6-11(13)15-12(16)14-10/h3-6H,1-2H3,(H3,13,14,15,16). The van der Waals surface area contributed by atoms with Gasteiger partial charge in [-0.15, -0.1) is 0 Å². The lowest BCUT2D eigenvalue weighted by molar-refractivity contribution is 1.14. The number of benzene rings is 1. The zero-order valence-electron chi connectivity index (χ0n) is 9.24. The molecule has 3 nitrogen and oxygen atoms in total. The minimum absolute atomic E-state index is 0.413. The van der Waals surface area contributed by atoms with Crippen LogP contribution in [0.25, 0.3) is 11.3 Å². The van der Waals surface area contributed by atoms with Crippen LogP contribution in [-0.2, 0) is 0 Å². The number of hydrogen-bond donors (Lipinski definition) is 2. The summed E-state index contributed by atoms with van der Waals surface area (Å²) in [6.45, 7) is 4.12. The first kappa shape index (κ1) is 10.8. The molecule has 0 aliphatic heterocycles. The van der Waals surface area contributed by atoms with Gasteiger partial charge in [0.05, 0.1) is 5.69 Å². The molecule has 0 saturated carbocycles.